The van der Waals surface area contributed by atoms with Crippen LogP contribution in [0.3, 0.4) is 0 Å². The highest BCUT2D eigenvalue weighted by atomic mass is 35.5. The van der Waals surface area contributed by atoms with Crippen LogP contribution in [0.1, 0.15) is 40.5 Å². The predicted octanol–water partition coefficient (Wildman–Crippen LogP) is 6.89. The van der Waals surface area contributed by atoms with Gasteiger partial charge < -0.3 is 18.9 Å². The van der Waals surface area contributed by atoms with Crippen molar-refractivity contribution in [2.24, 2.45) is 0 Å². The van der Waals surface area contributed by atoms with Crippen LogP contribution >= 0.6 is 11.6 Å². The van der Waals surface area contributed by atoms with Gasteiger partial charge in [0, 0.05) is 16.0 Å². The molecule has 0 aliphatic carbocycles. The Kier molecular flexibility index (Phi) is 6.56. The second-order valence-corrected chi connectivity index (χ2v) is 8.11. The van der Waals surface area contributed by atoms with E-state index in [0.29, 0.717) is 25.3 Å². The molecule has 0 unspecified atom stereocenters. The Morgan fingerprint density at radius 3 is 2.59 bits per heavy atom. The Morgan fingerprint density at radius 1 is 1.12 bits per heavy atom. The van der Waals surface area contributed by atoms with E-state index in [9.17, 15) is 4.79 Å². The zero-order valence-electron chi connectivity index (χ0n) is 18.5. The SMILES string of the molecule is CCOC(=O)c1[nH]c2c(-c3ccco3)cccc2c1CCCOc1cc(C)c(Cl)c(C)c1. The highest BCUT2D eigenvalue weighted by Crippen LogP contribution is 2.33. The number of aromatic amines is 1. The van der Waals surface area contributed by atoms with Crippen molar-refractivity contribution in [2.45, 2.75) is 33.6 Å². The molecule has 0 aliphatic rings. The molecule has 0 aliphatic heterocycles. The first-order valence-electron chi connectivity index (χ1n) is 10.7. The number of rotatable bonds is 8. The number of nitrogens with one attached hydrogen (secondary N) is 1. The van der Waals surface area contributed by atoms with Gasteiger partial charge in [-0.15, -0.1) is 0 Å². The summed E-state index contributed by atoms with van der Waals surface area (Å²) in [6.45, 7) is 6.58. The van der Waals surface area contributed by atoms with Crippen LogP contribution in [0.15, 0.2) is 53.1 Å². The summed E-state index contributed by atoms with van der Waals surface area (Å²) in [5.74, 6) is 1.19. The molecular weight excluding hydrogens is 426 g/mol. The first-order valence-corrected chi connectivity index (χ1v) is 11.1. The fourth-order valence-corrected chi connectivity index (χ4v) is 4.09. The summed E-state index contributed by atoms with van der Waals surface area (Å²) >= 11 is 6.25. The minimum Gasteiger partial charge on any atom is -0.494 e. The first-order chi connectivity index (χ1) is 15.5. The van der Waals surface area contributed by atoms with Gasteiger partial charge in [-0.3, -0.25) is 0 Å². The lowest BCUT2D eigenvalue weighted by molar-refractivity contribution is 0.0519. The van der Waals surface area contributed by atoms with Gasteiger partial charge >= 0.3 is 5.97 Å². The van der Waals surface area contributed by atoms with Crippen molar-refractivity contribution in [3.63, 3.8) is 0 Å². The molecule has 2 aromatic carbocycles. The lowest BCUT2D eigenvalue weighted by atomic mass is 10.0. The molecule has 0 radical (unpaired) electrons. The molecule has 0 amide bonds. The van der Waals surface area contributed by atoms with E-state index in [1.165, 1.54) is 0 Å². The maximum Gasteiger partial charge on any atom is 0.355 e. The monoisotopic (exact) mass is 451 g/mol. The van der Waals surface area contributed by atoms with Gasteiger partial charge in [0.1, 0.15) is 17.2 Å². The highest BCUT2D eigenvalue weighted by Gasteiger charge is 2.21. The maximum atomic E-state index is 12.7. The van der Waals surface area contributed by atoms with Gasteiger partial charge in [0.15, 0.2) is 0 Å². The van der Waals surface area contributed by atoms with Gasteiger partial charge in [-0.2, -0.15) is 0 Å². The summed E-state index contributed by atoms with van der Waals surface area (Å²) in [6.07, 6.45) is 3.05. The number of furan rings is 1. The molecule has 2 aromatic heterocycles. The first kappa shape index (κ1) is 22.0. The van der Waals surface area contributed by atoms with Crippen LogP contribution in [0.2, 0.25) is 5.02 Å². The number of halogens is 1. The van der Waals surface area contributed by atoms with Crippen molar-refractivity contribution in [1.82, 2.24) is 4.98 Å². The third-order valence-electron chi connectivity index (χ3n) is 5.46. The molecule has 0 atom stereocenters. The molecule has 32 heavy (non-hydrogen) atoms. The molecule has 0 fully saturated rings. The number of hydrogen-bond donors (Lipinski definition) is 1. The van der Waals surface area contributed by atoms with Crippen molar-refractivity contribution in [3.05, 3.63) is 76.1 Å². The summed E-state index contributed by atoms with van der Waals surface area (Å²) < 4.78 is 16.9. The van der Waals surface area contributed by atoms with E-state index in [1.807, 2.05) is 56.3 Å². The van der Waals surface area contributed by atoms with E-state index < -0.39 is 0 Å². The summed E-state index contributed by atoms with van der Waals surface area (Å²) in [6, 6.07) is 13.6. The van der Waals surface area contributed by atoms with Crippen LogP contribution in [0, 0.1) is 13.8 Å². The number of hydrogen-bond acceptors (Lipinski definition) is 4. The zero-order chi connectivity index (χ0) is 22.7. The van der Waals surface area contributed by atoms with Crippen molar-refractivity contribution >= 4 is 28.5 Å². The van der Waals surface area contributed by atoms with Crippen LogP contribution in [0.4, 0.5) is 0 Å². The molecule has 6 heteroatoms. The van der Waals surface area contributed by atoms with Crippen LogP contribution in [-0.4, -0.2) is 24.2 Å². The predicted molar refractivity (Wildman–Crippen MR) is 127 cm³/mol. The summed E-state index contributed by atoms with van der Waals surface area (Å²) in [7, 11) is 0. The average molecular weight is 452 g/mol. The largest absolute Gasteiger partial charge is 0.494 e. The number of aryl methyl sites for hydroxylation is 3. The molecule has 4 aromatic rings. The second-order valence-electron chi connectivity index (χ2n) is 7.73. The van der Waals surface area contributed by atoms with Gasteiger partial charge in [0.25, 0.3) is 0 Å². The number of para-hydroxylation sites is 1. The van der Waals surface area contributed by atoms with Crippen LogP contribution in [-0.2, 0) is 11.2 Å². The highest BCUT2D eigenvalue weighted by molar-refractivity contribution is 6.32. The number of esters is 1. The van der Waals surface area contributed by atoms with E-state index in [2.05, 4.69) is 4.98 Å². The van der Waals surface area contributed by atoms with Gasteiger partial charge in [0.2, 0.25) is 0 Å². The lowest BCUT2D eigenvalue weighted by Crippen LogP contribution is -2.09. The van der Waals surface area contributed by atoms with Gasteiger partial charge in [0.05, 0.1) is 25.0 Å². The Labute approximate surface area is 192 Å². The molecule has 166 valence electrons. The lowest BCUT2D eigenvalue weighted by Gasteiger charge is -2.10. The van der Waals surface area contributed by atoms with Gasteiger partial charge in [-0.1, -0.05) is 23.7 Å². The number of carbonyl (C=O) groups excluding carboxylic acids is 1. The van der Waals surface area contributed by atoms with Crippen LogP contribution in [0.5, 0.6) is 5.75 Å². The Bertz CT molecular complexity index is 1220. The average Bonchev–Trinajstić information content (AvgIpc) is 3.43. The molecule has 5 nitrogen and oxygen atoms in total. The number of ether oxygens (including phenoxy) is 2. The van der Waals surface area contributed by atoms with E-state index in [4.69, 9.17) is 25.5 Å². The fourth-order valence-electron chi connectivity index (χ4n) is 3.98. The van der Waals surface area contributed by atoms with Gasteiger partial charge in [-0.25, -0.2) is 4.79 Å². The van der Waals surface area contributed by atoms with Crippen molar-refractivity contribution in [3.8, 4) is 17.1 Å². The van der Waals surface area contributed by atoms with E-state index >= 15 is 0 Å². The molecule has 2 heterocycles. The Balaban J connectivity index is 1.58. The van der Waals surface area contributed by atoms with Crippen LogP contribution < -0.4 is 4.74 Å². The molecular formula is C26H26ClNO4. The van der Waals surface area contributed by atoms with Crippen molar-refractivity contribution in [2.75, 3.05) is 13.2 Å². The third kappa shape index (κ3) is 4.39. The van der Waals surface area contributed by atoms with Crippen LogP contribution in [0.25, 0.3) is 22.2 Å². The van der Waals surface area contributed by atoms with E-state index in [-0.39, 0.29) is 5.97 Å². The molecule has 1 N–H and O–H groups in total. The molecule has 0 bridgehead atoms. The summed E-state index contributed by atoms with van der Waals surface area (Å²) in [4.78, 5) is 16.0. The Hall–Kier alpha value is -3.18. The zero-order valence-corrected chi connectivity index (χ0v) is 19.2. The summed E-state index contributed by atoms with van der Waals surface area (Å²) in [5, 5.41) is 1.75. The van der Waals surface area contributed by atoms with E-state index in [1.54, 1.807) is 13.2 Å². The van der Waals surface area contributed by atoms with E-state index in [0.717, 1.165) is 56.1 Å². The summed E-state index contributed by atoms with van der Waals surface area (Å²) in [5.41, 5.74) is 5.18. The Morgan fingerprint density at radius 2 is 1.91 bits per heavy atom. The van der Waals surface area contributed by atoms with Gasteiger partial charge in [-0.05, 0) is 80.6 Å². The number of H-pyrrole nitrogens is 1. The molecule has 0 saturated carbocycles. The molecule has 4 rings (SSSR count). The number of aromatic nitrogens is 1. The minimum atomic E-state index is -0.353. The quantitative estimate of drug-likeness (QED) is 0.234. The smallest absolute Gasteiger partial charge is 0.355 e. The molecule has 0 saturated heterocycles. The second kappa shape index (κ2) is 9.53. The van der Waals surface area contributed by atoms with Crippen molar-refractivity contribution in [1.29, 1.82) is 0 Å². The fraction of sp³-hybridized carbons (Fsp3) is 0.269. The molecule has 0 spiro atoms. The van der Waals surface area contributed by atoms with Crippen molar-refractivity contribution < 1.29 is 18.7 Å². The topological polar surface area (TPSA) is 64.5 Å². The maximum absolute atomic E-state index is 12.7. The number of carbonyl (C=O) groups is 1. The standard InChI is InChI=1S/C26H26ClNO4/c1-4-30-26(29)25-20(10-6-12-31-18-14-16(2)23(27)17(3)15-18)19-8-5-9-21(24(19)28-25)22-11-7-13-32-22/h5,7-9,11,13-15,28H,4,6,10,12H2,1-3H3. The minimum absolute atomic E-state index is 0.317. The normalized spacial score (nSPS) is 11.1. The third-order valence-corrected chi connectivity index (χ3v) is 6.05. The number of benzene rings is 2. The number of fused-ring (bicyclic) bond motifs is 1.